The summed E-state index contributed by atoms with van der Waals surface area (Å²) in [6.45, 7) is 1.13. The van der Waals surface area contributed by atoms with Crippen LogP contribution in [-0.4, -0.2) is 67.9 Å². The zero-order valence-corrected chi connectivity index (χ0v) is 72.8. The second kappa shape index (κ2) is 56.6. The Bertz CT molecular complexity index is 3850. The molecule has 0 spiro atoms. The molecule has 8 atom stereocenters. The van der Waals surface area contributed by atoms with Crippen molar-refractivity contribution >= 4 is 35.4 Å². The molecule has 1 saturated carbocycles. The average molecular weight is 1690 g/mol. The second-order valence-corrected chi connectivity index (χ2v) is 35.6. The predicted octanol–water partition coefficient (Wildman–Crippen LogP) is 25.8. The molecular formula is C97H129O19P3. The summed E-state index contributed by atoms with van der Waals surface area (Å²) in [5.41, 5.74) is 4.97. The fourth-order valence-corrected chi connectivity index (χ4v) is 18.2. The molecule has 119 heavy (non-hydrogen) atoms. The molecule has 0 radical (unpaired) electrons. The molecule has 0 amide bonds. The molecule has 1 fully saturated rings. The summed E-state index contributed by atoms with van der Waals surface area (Å²) in [6.07, 6.45) is 17.6. The highest BCUT2D eigenvalue weighted by atomic mass is 31.2. The minimum Gasteiger partial charge on any atom is -0.462 e. The molecule has 3 unspecified atom stereocenters. The van der Waals surface area contributed by atoms with E-state index in [0.717, 1.165) is 51.4 Å². The monoisotopic (exact) mass is 1690 g/mol. The van der Waals surface area contributed by atoms with Crippen molar-refractivity contribution in [2.75, 3.05) is 13.2 Å². The molecule has 9 rings (SSSR count). The van der Waals surface area contributed by atoms with Crippen LogP contribution in [0, 0.1) is 0 Å². The van der Waals surface area contributed by atoms with Crippen LogP contribution in [0.3, 0.4) is 0 Å². The lowest BCUT2D eigenvalue weighted by Gasteiger charge is -2.50. The smallest absolute Gasteiger partial charge is 0.462 e. The van der Waals surface area contributed by atoms with Crippen molar-refractivity contribution < 1.29 is 87.7 Å². The lowest BCUT2D eigenvalue weighted by molar-refractivity contribution is -0.254. The minimum atomic E-state index is -5.32. The predicted molar refractivity (Wildman–Crippen MR) is 466 cm³/mol. The SMILES string of the molecule is CCCCCCCCCCCCCCCC(=O)OC[C@H](COP(=O)(OCc1ccccc1)OC1[C@H](OCc2ccccc2)[C@H](OP(=O)(OCc2ccccc2)OCc2ccccc2)C(OCc2ccccc2)[C@H](OP(=O)(OCc2ccccc2)OCc2ccccc2)[C@H]1OCc1ccccc1)OC(=O)CCCCCCCCCCCCCCC. The molecule has 646 valence electrons. The van der Waals surface area contributed by atoms with Crippen LogP contribution in [0.25, 0.3) is 0 Å². The van der Waals surface area contributed by atoms with Gasteiger partial charge in [0.05, 0.1) is 59.5 Å². The summed E-state index contributed by atoms with van der Waals surface area (Å²) in [5, 5.41) is 0. The van der Waals surface area contributed by atoms with Crippen LogP contribution in [0.1, 0.15) is 238 Å². The fraction of sp³-hybridized carbons (Fsp3) is 0.485. The number of esters is 2. The molecule has 22 heteroatoms. The van der Waals surface area contributed by atoms with Crippen LogP contribution in [0.4, 0.5) is 0 Å². The second-order valence-electron chi connectivity index (χ2n) is 30.7. The zero-order chi connectivity index (χ0) is 83.4. The van der Waals surface area contributed by atoms with Gasteiger partial charge in [-0.05, 0) is 57.3 Å². The lowest BCUT2D eigenvalue weighted by atomic mass is 9.84. The maximum Gasteiger partial charge on any atom is 0.475 e. The van der Waals surface area contributed by atoms with E-state index < -0.39 is 91.3 Å². The number of hydrogen-bond acceptors (Lipinski definition) is 19. The number of rotatable bonds is 64. The third-order valence-corrected chi connectivity index (χ3v) is 25.0. The van der Waals surface area contributed by atoms with Crippen LogP contribution in [0.15, 0.2) is 243 Å². The van der Waals surface area contributed by atoms with Crippen LogP contribution in [-0.2, 0) is 141 Å². The van der Waals surface area contributed by atoms with Gasteiger partial charge in [0.15, 0.2) is 6.10 Å². The summed E-state index contributed by atoms with van der Waals surface area (Å²) in [5.74, 6) is -1.07. The van der Waals surface area contributed by atoms with Crippen molar-refractivity contribution in [3.05, 3.63) is 287 Å². The fourth-order valence-electron chi connectivity index (χ4n) is 14.1. The molecule has 1 aliphatic rings. The summed E-state index contributed by atoms with van der Waals surface area (Å²) in [6, 6.07) is 73.0. The van der Waals surface area contributed by atoms with E-state index in [4.69, 9.17) is 64.4 Å². The van der Waals surface area contributed by atoms with Gasteiger partial charge < -0.3 is 23.7 Å². The molecule has 0 heterocycles. The number of benzene rings is 8. The quantitative estimate of drug-likeness (QED) is 0.0197. The Morgan fingerprint density at radius 3 is 0.706 bits per heavy atom. The Kier molecular flexibility index (Phi) is 45.5. The Labute approximate surface area is 708 Å². The van der Waals surface area contributed by atoms with Crippen LogP contribution < -0.4 is 0 Å². The Morgan fingerprint density at radius 1 is 0.252 bits per heavy atom. The summed E-state index contributed by atoms with van der Waals surface area (Å²) in [4.78, 5) is 28.2. The van der Waals surface area contributed by atoms with Gasteiger partial charge in [-0.15, -0.1) is 0 Å². The maximum absolute atomic E-state index is 17.0. The number of phosphoric acid groups is 3. The first-order valence-electron chi connectivity index (χ1n) is 43.6. The largest absolute Gasteiger partial charge is 0.475 e. The van der Waals surface area contributed by atoms with Gasteiger partial charge in [-0.1, -0.05) is 411 Å². The van der Waals surface area contributed by atoms with Gasteiger partial charge in [-0.25, -0.2) is 13.7 Å². The highest BCUT2D eigenvalue weighted by Gasteiger charge is 2.61. The van der Waals surface area contributed by atoms with E-state index in [1.165, 1.54) is 103 Å². The molecule has 0 aliphatic heterocycles. The standard InChI is InChI=1S/C97H129O19P3/c1-3-5-7-9-11-13-15-17-19-21-23-25-51-69-90(98)103-79-89(113-91(99)70-52-26-24-22-20-18-16-14-12-10-8-6-4-2)80-112-119(102,111-78-88-67-49-34-50-68-88)116-97-93(105-72-82-55-37-28-38-56-82)95(114-117(100,107-74-84-59-41-30-42-60-84)108-75-85-61-43-31-44-62-85)92(104-71-81-53-35-27-36-54-81)96(94(97)106-73-83-57-39-29-40-58-83)115-118(101,109-76-86-63-45-32-46-64-86)110-77-87-65-47-33-48-66-87/h27-50,53-68,89,92-97H,3-26,51-52,69-80H2,1-2H3/t89-,92?,93-,94-,95-,96+,97?,119?/m1/s1. The Hall–Kier alpha value is -7.09. The van der Waals surface area contributed by atoms with Gasteiger partial charge in [0, 0.05) is 12.8 Å². The topological polar surface area (TPSA) is 215 Å². The van der Waals surface area contributed by atoms with E-state index >= 15 is 13.7 Å². The van der Waals surface area contributed by atoms with E-state index in [1.54, 1.807) is 72.8 Å². The molecule has 8 aromatic rings. The third-order valence-electron chi connectivity index (χ3n) is 20.8. The number of unbranched alkanes of at least 4 members (excludes halogenated alkanes) is 24. The Balaban J connectivity index is 1.12. The van der Waals surface area contributed by atoms with Crippen molar-refractivity contribution in [2.24, 2.45) is 0 Å². The Morgan fingerprint density at radius 2 is 0.462 bits per heavy atom. The maximum atomic E-state index is 17.0. The van der Waals surface area contributed by atoms with Gasteiger partial charge >= 0.3 is 35.4 Å². The van der Waals surface area contributed by atoms with Crippen molar-refractivity contribution in [3.63, 3.8) is 0 Å². The minimum absolute atomic E-state index is 0.0566. The number of ether oxygens (including phenoxy) is 5. The van der Waals surface area contributed by atoms with Gasteiger partial charge in [0.2, 0.25) is 0 Å². The van der Waals surface area contributed by atoms with Gasteiger partial charge in [0.1, 0.15) is 43.2 Å². The molecule has 0 aromatic heterocycles. The molecule has 0 bridgehead atoms. The van der Waals surface area contributed by atoms with Crippen molar-refractivity contribution in [2.45, 2.75) is 289 Å². The van der Waals surface area contributed by atoms with E-state index in [-0.39, 0.29) is 65.7 Å². The number of carbonyl (C=O) groups is 2. The lowest BCUT2D eigenvalue weighted by Crippen LogP contribution is -2.67. The van der Waals surface area contributed by atoms with E-state index in [0.29, 0.717) is 57.3 Å². The van der Waals surface area contributed by atoms with Crippen molar-refractivity contribution in [1.29, 1.82) is 0 Å². The zero-order valence-electron chi connectivity index (χ0n) is 70.1. The normalized spacial score (nSPS) is 17.0. The van der Waals surface area contributed by atoms with Gasteiger partial charge in [0.25, 0.3) is 0 Å². The number of phosphoric ester groups is 3. The average Bonchev–Trinajstić information content (AvgIpc) is 0.744. The highest BCUT2D eigenvalue weighted by Crippen LogP contribution is 2.60. The van der Waals surface area contributed by atoms with E-state index in [9.17, 15) is 9.59 Å². The number of carbonyl (C=O) groups excluding carboxylic acids is 2. The first-order chi connectivity index (χ1) is 58.4. The molecular weight excluding hydrogens is 1560 g/mol. The van der Waals surface area contributed by atoms with Crippen molar-refractivity contribution in [1.82, 2.24) is 0 Å². The first kappa shape index (κ1) is 95.7. The molecule has 8 aromatic carbocycles. The van der Waals surface area contributed by atoms with Crippen molar-refractivity contribution in [3.8, 4) is 0 Å². The first-order valence-corrected chi connectivity index (χ1v) is 48.0. The summed E-state index contributed by atoms with van der Waals surface area (Å²) >= 11 is 0. The molecule has 0 N–H and O–H groups in total. The molecule has 0 saturated heterocycles. The third kappa shape index (κ3) is 38.1. The van der Waals surface area contributed by atoms with E-state index in [2.05, 4.69) is 13.8 Å². The summed E-state index contributed by atoms with van der Waals surface area (Å²) < 4.78 is 145. The molecule has 1 aliphatic carbocycles. The van der Waals surface area contributed by atoms with Crippen LogP contribution in [0.2, 0.25) is 0 Å². The molecule has 19 nitrogen and oxygen atoms in total. The van der Waals surface area contributed by atoms with Crippen LogP contribution in [0.5, 0.6) is 0 Å². The van der Waals surface area contributed by atoms with Gasteiger partial charge in [-0.2, -0.15) is 0 Å². The number of hydrogen-bond donors (Lipinski definition) is 0. The summed E-state index contributed by atoms with van der Waals surface area (Å²) in [7, 11) is -15.4. The highest BCUT2D eigenvalue weighted by molar-refractivity contribution is 7.49. The van der Waals surface area contributed by atoms with Crippen LogP contribution >= 0.6 is 23.5 Å². The van der Waals surface area contributed by atoms with E-state index in [1.807, 2.05) is 170 Å². The van der Waals surface area contributed by atoms with Gasteiger partial charge in [-0.3, -0.25) is 50.3 Å².